The van der Waals surface area contributed by atoms with Crippen LogP contribution in [0.3, 0.4) is 0 Å². The molecule has 0 spiro atoms. The second kappa shape index (κ2) is 6.31. The average Bonchev–Trinajstić information content (AvgIpc) is 2.43. The van der Waals surface area contributed by atoms with Crippen molar-refractivity contribution in [1.29, 1.82) is 5.26 Å². The van der Waals surface area contributed by atoms with Crippen molar-refractivity contribution in [3.8, 4) is 17.6 Å². The van der Waals surface area contributed by atoms with E-state index >= 15 is 0 Å². The molecule has 19 heavy (non-hydrogen) atoms. The summed E-state index contributed by atoms with van der Waals surface area (Å²) in [6, 6.07) is 16.4. The van der Waals surface area contributed by atoms with E-state index in [0.717, 1.165) is 11.3 Å². The van der Waals surface area contributed by atoms with Crippen LogP contribution in [0.25, 0.3) is 0 Å². The molecular formula is C15H14N2O2. The molecule has 0 aliphatic carbocycles. The lowest BCUT2D eigenvalue weighted by Crippen LogP contribution is -2.00. The van der Waals surface area contributed by atoms with Gasteiger partial charge in [-0.1, -0.05) is 18.2 Å². The molecule has 2 aromatic rings. The molecule has 0 aliphatic heterocycles. The van der Waals surface area contributed by atoms with Crippen LogP contribution in [0.1, 0.15) is 5.56 Å². The van der Waals surface area contributed by atoms with Crippen LogP contribution in [0, 0.1) is 11.3 Å². The van der Waals surface area contributed by atoms with Crippen molar-refractivity contribution < 1.29 is 9.84 Å². The molecule has 96 valence electrons. The number of anilines is 1. The summed E-state index contributed by atoms with van der Waals surface area (Å²) in [5, 5.41) is 21.1. The SMILES string of the molecule is N#CCOc1cccc(NCc2cccc(O)c2)c1. The molecule has 0 aliphatic rings. The lowest BCUT2D eigenvalue weighted by Gasteiger charge is -2.08. The van der Waals surface area contributed by atoms with Gasteiger partial charge >= 0.3 is 0 Å². The molecule has 0 atom stereocenters. The topological polar surface area (TPSA) is 65.3 Å². The predicted octanol–water partition coefficient (Wildman–Crippen LogP) is 2.91. The maximum atomic E-state index is 9.37. The van der Waals surface area contributed by atoms with E-state index in [1.807, 2.05) is 30.3 Å². The minimum absolute atomic E-state index is 0.0377. The van der Waals surface area contributed by atoms with Crippen molar-refractivity contribution in [3.05, 3.63) is 54.1 Å². The van der Waals surface area contributed by atoms with Crippen molar-refractivity contribution in [3.63, 3.8) is 0 Å². The van der Waals surface area contributed by atoms with Crippen molar-refractivity contribution in [2.75, 3.05) is 11.9 Å². The molecule has 2 N–H and O–H groups in total. The zero-order valence-electron chi connectivity index (χ0n) is 10.3. The number of phenols is 1. The van der Waals surface area contributed by atoms with Crippen LogP contribution in [0.5, 0.6) is 11.5 Å². The molecule has 4 nitrogen and oxygen atoms in total. The Labute approximate surface area is 111 Å². The van der Waals surface area contributed by atoms with E-state index in [0.29, 0.717) is 12.3 Å². The second-order valence-corrected chi connectivity index (χ2v) is 4.00. The van der Waals surface area contributed by atoms with E-state index in [-0.39, 0.29) is 12.4 Å². The lowest BCUT2D eigenvalue weighted by molar-refractivity contribution is 0.368. The molecule has 0 fully saturated rings. The Bertz CT molecular complexity index is 591. The van der Waals surface area contributed by atoms with Gasteiger partial charge in [-0.15, -0.1) is 0 Å². The van der Waals surface area contributed by atoms with Crippen LogP contribution in [0.2, 0.25) is 0 Å². The van der Waals surface area contributed by atoms with E-state index in [9.17, 15) is 5.11 Å². The maximum absolute atomic E-state index is 9.37. The van der Waals surface area contributed by atoms with Gasteiger partial charge in [0.2, 0.25) is 0 Å². The molecule has 0 heterocycles. The number of nitriles is 1. The van der Waals surface area contributed by atoms with Crippen LogP contribution in [0.4, 0.5) is 5.69 Å². The smallest absolute Gasteiger partial charge is 0.174 e. The van der Waals surface area contributed by atoms with Crippen molar-refractivity contribution in [2.45, 2.75) is 6.54 Å². The number of nitrogens with one attached hydrogen (secondary N) is 1. The van der Waals surface area contributed by atoms with Crippen molar-refractivity contribution in [2.24, 2.45) is 0 Å². The fourth-order valence-electron chi connectivity index (χ4n) is 1.68. The molecule has 0 amide bonds. The third-order valence-corrected chi connectivity index (χ3v) is 2.54. The summed E-state index contributed by atoms with van der Waals surface area (Å²) in [6.45, 7) is 0.645. The first-order valence-electron chi connectivity index (χ1n) is 5.89. The molecule has 0 saturated carbocycles. The van der Waals surface area contributed by atoms with Gasteiger partial charge in [-0.05, 0) is 29.8 Å². The highest BCUT2D eigenvalue weighted by Crippen LogP contribution is 2.18. The number of phenolic OH excluding ortho intramolecular Hbond substituents is 1. The Hall–Kier alpha value is -2.67. The first-order chi connectivity index (χ1) is 9.28. The van der Waals surface area contributed by atoms with Gasteiger partial charge in [-0.2, -0.15) is 5.26 Å². The number of hydrogen-bond acceptors (Lipinski definition) is 4. The third kappa shape index (κ3) is 3.93. The molecule has 0 aromatic heterocycles. The molecule has 0 unspecified atom stereocenters. The minimum Gasteiger partial charge on any atom is -0.508 e. The Balaban J connectivity index is 1.98. The molecule has 0 radical (unpaired) electrons. The number of rotatable bonds is 5. The third-order valence-electron chi connectivity index (χ3n) is 2.54. The van der Waals surface area contributed by atoms with Crippen LogP contribution in [-0.2, 0) is 6.54 Å². The number of hydrogen-bond donors (Lipinski definition) is 2. The molecule has 2 rings (SSSR count). The minimum atomic E-state index is 0.0377. The second-order valence-electron chi connectivity index (χ2n) is 4.00. The van der Waals surface area contributed by atoms with Gasteiger partial charge < -0.3 is 15.2 Å². The van der Waals surface area contributed by atoms with E-state index in [2.05, 4.69) is 5.32 Å². The summed E-state index contributed by atoms with van der Waals surface area (Å²) < 4.78 is 5.23. The van der Waals surface area contributed by atoms with Gasteiger partial charge in [0.25, 0.3) is 0 Å². The molecule has 0 saturated heterocycles. The van der Waals surface area contributed by atoms with Gasteiger partial charge in [0.05, 0.1) is 0 Å². The highest BCUT2D eigenvalue weighted by Gasteiger charge is 1.98. The summed E-state index contributed by atoms with van der Waals surface area (Å²) in [5.41, 5.74) is 1.89. The van der Waals surface area contributed by atoms with Gasteiger partial charge in [-0.3, -0.25) is 0 Å². The summed E-state index contributed by atoms with van der Waals surface area (Å²) >= 11 is 0. The van der Waals surface area contributed by atoms with E-state index < -0.39 is 0 Å². The van der Waals surface area contributed by atoms with Crippen LogP contribution in [-0.4, -0.2) is 11.7 Å². The first-order valence-corrected chi connectivity index (χ1v) is 5.89. The standard InChI is InChI=1S/C15H14N2O2/c16-7-8-19-15-6-2-4-13(10-15)17-11-12-3-1-5-14(18)9-12/h1-6,9-10,17-18H,8,11H2. The van der Waals surface area contributed by atoms with Gasteiger partial charge in [-0.25, -0.2) is 0 Å². The van der Waals surface area contributed by atoms with Crippen LogP contribution < -0.4 is 10.1 Å². The first kappa shape index (κ1) is 12.8. The fourth-order valence-corrected chi connectivity index (χ4v) is 1.68. The Morgan fingerprint density at radius 2 is 2.00 bits per heavy atom. The normalized spacial score (nSPS) is 9.63. The Kier molecular flexibility index (Phi) is 4.25. The van der Waals surface area contributed by atoms with Crippen molar-refractivity contribution in [1.82, 2.24) is 0 Å². The van der Waals surface area contributed by atoms with Crippen LogP contribution >= 0.6 is 0 Å². The fraction of sp³-hybridized carbons (Fsp3) is 0.133. The van der Waals surface area contributed by atoms with E-state index in [4.69, 9.17) is 10.00 Å². The zero-order chi connectivity index (χ0) is 13.5. The highest BCUT2D eigenvalue weighted by atomic mass is 16.5. The molecule has 2 aromatic carbocycles. The number of aromatic hydroxyl groups is 1. The largest absolute Gasteiger partial charge is 0.508 e. The summed E-state index contributed by atoms with van der Waals surface area (Å²) in [6.07, 6.45) is 0. The van der Waals surface area contributed by atoms with E-state index in [1.54, 1.807) is 24.3 Å². The Morgan fingerprint density at radius 1 is 1.16 bits per heavy atom. The molecule has 0 bridgehead atoms. The predicted molar refractivity (Wildman–Crippen MR) is 73.0 cm³/mol. The molecule has 4 heteroatoms. The van der Waals surface area contributed by atoms with Gasteiger partial charge in [0.15, 0.2) is 6.61 Å². The van der Waals surface area contributed by atoms with Crippen LogP contribution in [0.15, 0.2) is 48.5 Å². The number of nitrogens with zero attached hydrogens (tertiary/aromatic N) is 1. The van der Waals surface area contributed by atoms with E-state index in [1.165, 1.54) is 0 Å². The van der Waals surface area contributed by atoms with Gasteiger partial charge in [0, 0.05) is 18.3 Å². The summed E-state index contributed by atoms with van der Waals surface area (Å²) in [4.78, 5) is 0. The molecular weight excluding hydrogens is 240 g/mol. The van der Waals surface area contributed by atoms with Gasteiger partial charge in [0.1, 0.15) is 17.6 Å². The highest BCUT2D eigenvalue weighted by molar-refractivity contribution is 5.48. The lowest BCUT2D eigenvalue weighted by atomic mass is 10.2. The van der Waals surface area contributed by atoms with Crippen molar-refractivity contribution >= 4 is 5.69 Å². The summed E-state index contributed by atoms with van der Waals surface area (Å²) in [5.74, 6) is 0.910. The Morgan fingerprint density at radius 3 is 2.79 bits per heavy atom. The monoisotopic (exact) mass is 254 g/mol. The summed E-state index contributed by atoms with van der Waals surface area (Å²) in [7, 11) is 0. The number of ether oxygens (including phenoxy) is 1. The average molecular weight is 254 g/mol. The maximum Gasteiger partial charge on any atom is 0.174 e. The number of benzene rings is 2. The quantitative estimate of drug-likeness (QED) is 0.861. The zero-order valence-corrected chi connectivity index (χ0v) is 10.3.